The number of ether oxygens (including phenoxy) is 4. The van der Waals surface area contributed by atoms with E-state index in [-0.39, 0.29) is 5.54 Å². The van der Waals surface area contributed by atoms with Crippen LogP contribution in [0.4, 0.5) is 0 Å². The molecule has 2 aliphatic heterocycles. The van der Waals surface area contributed by atoms with E-state index in [1.54, 1.807) is 26.6 Å². The number of hydrogen-bond donors (Lipinski definition) is 2. The molecular formula is C35H39Cl2N5O4. The molecular weight excluding hydrogens is 625 g/mol. The maximum Gasteiger partial charge on any atom is 0.142 e. The van der Waals surface area contributed by atoms with Crippen LogP contribution in [0.1, 0.15) is 37.1 Å². The largest absolute Gasteiger partial charge is 0.495 e. The van der Waals surface area contributed by atoms with E-state index in [2.05, 4.69) is 10.3 Å². The van der Waals surface area contributed by atoms with Gasteiger partial charge in [0, 0.05) is 97.4 Å². The van der Waals surface area contributed by atoms with Crippen LogP contribution in [-0.2, 0) is 22.4 Å². The molecule has 2 fully saturated rings. The quantitative estimate of drug-likeness (QED) is 0.196. The highest BCUT2D eigenvalue weighted by Gasteiger charge is 2.30. The summed E-state index contributed by atoms with van der Waals surface area (Å²) in [7, 11) is 3.29. The van der Waals surface area contributed by atoms with Crippen LogP contribution in [0.3, 0.4) is 0 Å². The summed E-state index contributed by atoms with van der Waals surface area (Å²) in [4.78, 5) is 14.1. The number of pyridine rings is 3. The molecule has 0 atom stereocenters. The average molecular weight is 665 g/mol. The second-order valence-corrected chi connectivity index (χ2v) is 12.6. The van der Waals surface area contributed by atoms with Gasteiger partial charge in [0.05, 0.1) is 41.3 Å². The lowest BCUT2D eigenvalue weighted by Crippen LogP contribution is -2.47. The summed E-state index contributed by atoms with van der Waals surface area (Å²) in [6, 6.07) is 12.0. The monoisotopic (exact) mass is 663 g/mol. The van der Waals surface area contributed by atoms with E-state index in [1.807, 2.05) is 42.6 Å². The Labute approximate surface area is 279 Å². The van der Waals surface area contributed by atoms with E-state index in [1.165, 1.54) is 0 Å². The summed E-state index contributed by atoms with van der Waals surface area (Å²) in [6.45, 7) is 3.46. The molecule has 3 N–H and O–H groups in total. The average Bonchev–Trinajstić information content (AvgIpc) is 3.08. The summed E-state index contributed by atoms with van der Waals surface area (Å²) < 4.78 is 22.4. The molecule has 11 heteroatoms. The number of hydrogen-bond acceptors (Lipinski definition) is 9. The van der Waals surface area contributed by atoms with E-state index < -0.39 is 0 Å². The number of benzene rings is 1. The first-order valence-corrected chi connectivity index (χ1v) is 16.3. The van der Waals surface area contributed by atoms with Gasteiger partial charge in [-0.3, -0.25) is 15.0 Å². The van der Waals surface area contributed by atoms with Crippen molar-refractivity contribution in [1.29, 1.82) is 0 Å². The van der Waals surface area contributed by atoms with Crippen LogP contribution >= 0.6 is 23.2 Å². The van der Waals surface area contributed by atoms with Crippen molar-refractivity contribution in [3.63, 3.8) is 0 Å². The first-order chi connectivity index (χ1) is 22.4. The molecule has 0 saturated carbocycles. The van der Waals surface area contributed by atoms with Crippen LogP contribution in [0, 0.1) is 0 Å². The Hall–Kier alpha value is -3.31. The molecule has 6 rings (SSSR count). The number of nitrogens with two attached hydrogens (primary N) is 1. The highest BCUT2D eigenvalue weighted by molar-refractivity contribution is 6.39. The number of aromatic nitrogens is 3. The van der Waals surface area contributed by atoms with Crippen molar-refractivity contribution in [2.24, 2.45) is 5.73 Å². The number of halogens is 2. The zero-order valence-electron chi connectivity index (χ0n) is 26.2. The summed E-state index contributed by atoms with van der Waals surface area (Å²) >= 11 is 14.2. The fourth-order valence-corrected chi connectivity index (χ4v) is 6.75. The SMILES string of the molecule is COc1cc(-c2nccc(-c3cccc(-c4cnc(CC5(N)CCOCC5)c(OC)c4)c3Cl)c2Cl)cnc1CNC1CCOCC1. The fourth-order valence-electron chi connectivity index (χ4n) is 6.09. The molecule has 242 valence electrons. The zero-order valence-corrected chi connectivity index (χ0v) is 27.7. The standard InChI is InChI=1S/C35H39Cl2N5O4/c1-43-30-16-22(19-41-28(30)18-35(38)9-14-46-15-10-35)25-4-3-5-26(32(25)36)27-6-11-39-34(33(27)37)23-17-31(44-2)29(42-20-23)21-40-24-7-12-45-13-8-24/h3-6,11,16-17,19-20,24,40H,7-10,12-15,18,21,38H2,1-2H3. The van der Waals surface area contributed by atoms with Gasteiger partial charge in [0.25, 0.3) is 0 Å². The van der Waals surface area contributed by atoms with Gasteiger partial charge in [0.2, 0.25) is 0 Å². The summed E-state index contributed by atoms with van der Waals surface area (Å²) in [5, 5.41) is 4.58. The predicted octanol–water partition coefficient (Wildman–Crippen LogP) is 6.52. The van der Waals surface area contributed by atoms with E-state index in [0.29, 0.717) is 59.5 Å². The Balaban J connectivity index is 1.27. The smallest absolute Gasteiger partial charge is 0.142 e. The Kier molecular flexibility index (Phi) is 10.4. The Morgan fingerprint density at radius 2 is 1.46 bits per heavy atom. The molecule has 0 aliphatic carbocycles. The van der Waals surface area contributed by atoms with Crippen molar-refractivity contribution in [3.8, 4) is 45.0 Å². The molecule has 2 saturated heterocycles. The summed E-state index contributed by atoms with van der Waals surface area (Å²) in [6.07, 6.45) is 9.47. The van der Waals surface area contributed by atoms with Gasteiger partial charge >= 0.3 is 0 Å². The molecule has 0 bridgehead atoms. The lowest BCUT2D eigenvalue weighted by Gasteiger charge is -2.33. The number of methoxy groups -OCH3 is 2. The normalized spacial score (nSPS) is 16.7. The molecule has 0 radical (unpaired) electrons. The van der Waals surface area contributed by atoms with E-state index >= 15 is 0 Å². The molecule has 0 amide bonds. The van der Waals surface area contributed by atoms with E-state index in [0.717, 1.165) is 78.1 Å². The lowest BCUT2D eigenvalue weighted by atomic mass is 9.86. The van der Waals surface area contributed by atoms with Gasteiger partial charge < -0.3 is 30.0 Å². The minimum atomic E-state index is -0.366. The van der Waals surface area contributed by atoms with Gasteiger partial charge in [-0.1, -0.05) is 41.4 Å². The van der Waals surface area contributed by atoms with Gasteiger partial charge in [-0.25, -0.2) is 0 Å². The topological polar surface area (TPSA) is 114 Å². The minimum Gasteiger partial charge on any atom is -0.495 e. The van der Waals surface area contributed by atoms with Crippen LogP contribution in [-0.4, -0.2) is 67.2 Å². The molecule has 46 heavy (non-hydrogen) atoms. The maximum absolute atomic E-state index is 7.10. The Morgan fingerprint density at radius 3 is 2.22 bits per heavy atom. The number of nitrogens with zero attached hydrogens (tertiary/aromatic N) is 3. The molecule has 9 nitrogen and oxygen atoms in total. The van der Waals surface area contributed by atoms with Crippen molar-refractivity contribution in [2.45, 2.75) is 50.2 Å². The van der Waals surface area contributed by atoms with Crippen molar-refractivity contribution in [2.75, 3.05) is 40.6 Å². The molecule has 4 aromatic rings. The highest BCUT2D eigenvalue weighted by Crippen LogP contribution is 2.42. The van der Waals surface area contributed by atoms with E-state index in [9.17, 15) is 0 Å². The van der Waals surface area contributed by atoms with Crippen molar-refractivity contribution in [1.82, 2.24) is 20.3 Å². The fraction of sp³-hybridized carbons (Fsp3) is 0.400. The molecule has 0 unspecified atom stereocenters. The lowest BCUT2D eigenvalue weighted by molar-refractivity contribution is 0.0528. The van der Waals surface area contributed by atoms with Gasteiger partial charge in [-0.2, -0.15) is 0 Å². The van der Waals surface area contributed by atoms with E-state index in [4.69, 9.17) is 57.9 Å². The zero-order chi connectivity index (χ0) is 32.1. The Morgan fingerprint density at radius 1 is 0.826 bits per heavy atom. The van der Waals surface area contributed by atoms with Crippen LogP contribution < -0.4 is 20.5 Å². The minimum absolute atomic E-state index is 0.366. The van der Waals surface area contributed by atoms with Crippen LogP contribution in [0.2, 0.25) is 10.0 Å². The molecule has 0 spiro atoms. The summed E-state index contributed by atoms with van der Waals surface area (Å²) in [5.74, 6) is 1.34. The highest BCUT2D eigenvalue weighted by atomic mass is 35.5. The van der Waals surface area contributed by atoms with Crippen LogP contribution in [0.25, 0.3) is 33.5 Å². The molecule has 2 aliphatic rings. The predicted molar refractivity (Wildman–Crippen MR) is 181 cm³/mol. The van der Waals surface area contributed by atoms with Gasteiger partial charge in [0.1, 0.15) is 11.5 Å². The molecule has 1 aromatic carbocycles. The second-order valence-electron chi connectivity index (χ2n) is 11.9. The van der Waals surface area contributed by atoms with Gasteiger partial charge in [0.15, 0.2) is 0 Å². The van der Waals surface area contributed by atoms with Crippen LogP contribution in [0.15, 0.2) is 55.0 Å². The number of rotatable bonds is 10. The third-order valence-electron chi connectivity index (χ3n) is 8.85. The first-order valence-electron chi connectivity index (χ1n) is 15.6. The number of nitrogens with one attached hydrogen (secondary N) is 1. The second kappa shape index (κ2) is 14.6. The third kappa shape index (κ3) is 7.15. The maximum atomic E-state index is 7.10. The first kappa shape index (κ1) is 32.6. The van der Waals surface area contributed by atoms with Crippen molar-refractivity contribution < 1.29 is 18.9 Å². The molecule has 3 aromatic heterocycles. The van der Waals surface area contributed by atoms with Gasteiger partial charge in [-0.05, 0) is 43.9 Å². The summed E-state index contributed by atoms with van der Waals surface area (Å²) in [5.41, 5.74) is 12.5. The van der Waals surface area contributed by atoms with Gasteiger partial charge in [-0.15, -0.1) is 0 Å². The van der Waals surface area contributed by atoms with Crippen molar-refractivity contribution >= 4 is 23.2 Å². The van der Waals surface area contributed by atoms with Crippen molar-refractivity contribution in [3.05, 3.63) is 76.4 Å². The van der Waals surface area contributed by atoms with Crippen LogP contribution in [0.5, 0.6) is 11.5 Å². The third-order valence-corrected chi connectivity index (χ3v) is 9.64. The Bertz CT molecular complexity index is 1680. The molecule has 5 heterocycles.